The number of ketones is 1. The SMILES string of the molecule is CCC(CC(C)P)C(=O)/C=C(\O)C1CCC(C)(C)CC1. The lowest BCUT2D eigenvalue weighted by molar-refractivity contribution is -0.118. The van der Waals surface area contributed by atoms with E-state index in [0.29, 0.717) is 16.8 Å². The lowest BCUT2D eigenvalue weighted by Crippen LogP contribution is -2.23. The van der Waals surface area contributed by atoms with E-state index in [1.807, 2.05) is 6.92 Å². The second-order valence-corrected chi connectivity index (χ2v) is 8.37. The summed E-state index contributed by atoms with van der Waals surface area (Å²) >= 11 is 0. The maximum Gasteiger partial charge on any atom is 0.162 e. The molecule has 1 aliphatic carbocycles. The Balaban J connectivity index is 2.61. The average Bonchev–Trinajstić information content (AvgIpc) is 2.35. The molecule has 3 heteroatoms. The first-order chi connectivity index (χ1) is 9.25. The van der Waals surface area contributed by atoms with Gasteiger partial charge >= 0.3 is 0 Å². The molecule has 116 valence electrons. The summed E-state index contributed by atoms with van der Waals surface area (Å²) in [5.41, 5.74) is 0.830. The third kappa shape index (κ3) is 5.56. The van der Waals surface area contributed by atoms with E-state index in [4.69, 9.17) is 0 Å². The van der Waals surface area contributed by atoms with Crippen LogP contribution in [0.3, 0.4) is 0 Å². The summed E-state index contributed by atoms with van der Waals surface area (Å²) in [6.07, 6.45) is 7.50. The maximum absolute atomic E-state index is 12.2. The highest BCUT2D eigenvalue weighted by molar-refractivity contribution is 7.17. The van der Waals surface area contributed by atoms with Gasteiger partial charge in [-0.2, -0.15) is 0 Å². The number of hydrogen-bond acceptors (Lipinski definition) is 2. The van der Waals surface area contributed by atoms with Crippen molar-refractivity contribution in [2.24, 2.45) is 17.3 Å². The molecular weight excluding hydrogens is 267 g/mol. The van der Waals surface area contributed by atoms with Gasteiger partial charge in [-0.3, -0.25) is 4.79 Å². The van der Waals surface area contributed by atoms with Gasteiger partial charge < -0.3 is 5.11 Å². The van der Waals surface area contributed by atoms with Gasteiger partial charge in [0, 0.05) is 17.9 Å². The van der Waals surface area contributed by atoms with Gasteiger partial charge in [-0.25, -0.2) is 0 Å². The van der Waals surface area contributed by atoms with Gasteiger partial charge in [-0.05, 0) is 49.6 Å². The fourth-order valence-corrected chi connectivity index (χ4v) is 3.34. The standard InChI is InChI=1S/C17H31O2P/c1-5-13(10-12(2)20)15(18)11-16(19)14-6-8-17(3,4)9-7-14/h11-14,19H,5-10,20H2,1-4H3/b16-11-. The second-order valence-electron chi connectivity index (χ2n) is 7.23. The second kappa shape index (κ2) is 7.59. The third-order valence-corrected chi connectivity index (χ3v) is 4.87. The minimum atomic E-state index is 0.0460. The third-order valence-electron chi connectivity index (χ3n) is 4.60. The highest BCUT2D eigenvalue weighted by Gasteiger charge is 2.29. The number of carbonyl (C=O) groups excluding carboxylic acids is 1. The summed E-state index contributed by atoms with van der Waals surface area (Å²) in [6, 6.07) is 0. The molecule has 0 heterocycles. The van der Waals surface area contributed by atoms with Crippen LogP contribution in [-0.2, 0) is 4.79 Å². The number of hydrogen-bond donors (Lipinski definition) is 1. The molecule has 0 amide bonds. The van der Waals surface area contributed by atoms with Gasteiger partial charge in [0.15, 0.2) is 5.78 Å². The number of allylic oxidation sites excluding steroid dienone is 2. The molecule has 0 aromatic heterocycles. The topological polar surface area (TPSA) is 37.3 Å². The fraction of sp³-hybridized carbons (Fsp3) is 0.824. The van der Waals surface area contributed by atoms with Crippen molar-refractivity contribution in [3.63, 3.8) is 0 Å². The Morgan fingerprint density at radius 2 is 1.95 bits per heavy atom. The van der Waals surface area contributed by atoms with Gasteiger partial charge in [0.05, 0.1) is 5.76 Å². The van der Waals surface area contributed by atoms with Crippen LogP contribution >= 0.6 is 9.24 Å². The van der Waals surface area contributed by atoms with Gasteiger partial charge in [-0.15, -0.1) is 9.24 Å². The molecule has 3 unspecified atom stereocenters. The van der Waals surface area contributed by atoms with E-state index < -0.39 is 0 Å². The van der Waals surface area contributed by atoms with E-state index in [1.165, 1.54) is 6.08 Å². The Morgan fingerprint density at radius 1 is 1.40 bits per heavy atom. The molecule has 0 radical (unpaired) electrons. The average molecular weight is 298 g/mol. The molecule has 2 nitrogen and oxygen atoms in total. The first-order valence-electron chi connectivity index (χ1n) is 7.95. The normalized spacial score (nSPS) is 23.4. The van der Waals surface area contributed by atoms with Gasteiger partial charge in [0.2, 0.25) is 0 Å². The summed E-state index contributed by atoms with van der Waals surface area (Å²) in [6.45, 7) is 8.71. The predicted octanol–water partition coefficient (Wildman–Crippen LogP) is 4.89. The van der Waals surface area contributed by atoms with Gasteiger partial charge in [0.1, 0.15) is 0 Å². The van der Waals surface area contributed by atoms with E-state index in [2.05, 4.69) is 30.0 Å². The molecule has 0 aromatic rings. The van der Waals surface area contributed by atoms with Crippen molar-refractivity contribution in [1.82, 2.24) is 0 Å². The monoisotopic (exact) mass is 298 g/mol. The summed E-state index contributed by atoms with van der Waals surface area (Å²) < 4.78 is 0. The Bertz CT molecular complexity index is 348. The van der Waals surface area contributed by atoms with Crippen molar-refractivity contribution in [3.8, 4) is 0 Å². The van der Waals surface area contributed by atoms with Crippen LogP contribution in [0.25, 0.3) is 0 Å². The minimum Gasteiger partial charge on any atom is -0.512 e. The van der Waals surface area contributed by atoms with Crippen LogP contribution in [0.2, 0.25) is 0 Å². The number of aliphatic hydroxyl groups excluding tert-OH is 1. The smallest absolute Gasteiger partial charge is 0.162 e. The fourth-order valence-electron chi connectivity index (χ4n) is 3.01. The van der Waals surface area contributed by atoms with E-state index in [1.54, 1.807) is 0 Å². The summed E-state index contributed by atoms with van der Waals surface area (Å²) in [4.78, 5) is 12.2. The molecule has 3 atom stereocenters. The number of aliphatic hydroxyl groups is 1. The molecule has 1 fully saturated rings. The lowest BCUT2D eigenvalue weighted by Gasteiger charge is -2.34. The zero-order chi connectivity index (χ0) is 15.3. The Labute approximate surface area is 126 Å². The molecule has 1 N–H and O–H groups in total. The largest absolute Gasteiger partial charge is 0.512 e. The molecule has 20 heavy (non-hydrogen) atoms. The van der Waals surface area contributed by atoms with Crippen molar-refractivity contribution >= 4 is 15.0 Å². The summed E-state index contributed by atoms with van der Waals surface area (Å²) in [5.74, 6) is 0.659. The Kier molecular flexibility index (Phi) is 6.72. The molecule has 0 saturated heterocycles. The zero-order valence-electron chi connectivity index (χ0n) is 13.5. The quantitative estimate of drug-likeness (QED) is 0.430. The Hall–Kier alpha value is -0.360. The first-order valence-corrected chi connectivity index (χ1v) is 8.62. The van der Waals surface area contributed by atoms with Crippen LogP contribution in [0.1, 0.15) is 66.2 Å². The Morgan fingerprint density at radius 3 is 2.40 bits per heavy atom. The van der Waals surface area contributed by atoms with E-state index in [9.17, 15) is 9.90 Å². The van der Waals surface area contributed by atoms with Crippen LogP contribution in [0.4, 0.5) is 0 Å². The van der Waals surface area contributed by atoms with E-state index in [0.717, 1.165) is 38.5 Å². The predicted molar refractivity (Wildman–Crippen MR) is 89.0 cm³/mol. The molecule has 0 aromatic carbocycles. The summed E-state index contributed by atoms with van der Waals surface area (Å²) in [5, 5.41) is 10.2. The van der Waals surface area contributed by atoms with Crippen molar-refractivity contribution in [1.29, 1.82) is 0 Å². The maximum atomic E-state index is 12.2. The van der Waals surface area contributed by atoms with Crippen LogP contribution in [-0.4, -0.2) is 16.5 Å². The van der Waals surface area contributed by atoms with Crippen LogP contribution in [0.15, 0.2) is 11.8 Å². The highest BCUT2D eigenvalue weighted by atomic mass is 31.0. The lowest BCUT2D eigenvalue weighted by atomic mass is 9.72. The van der Waals surface area contributed by atoms with E-state index >= 15 is 0 Å². The zero-order valence-corrected chi connectivity index (χ0v) is 14.6. The van der Waals surface area contributed by atoms with Crippen molar-refractivity contribution in [3.05, 3.63) is 11.8 Å². The molecular formula is C17H31O2P. The van der Waals surface area contributed by atoms with Gasteiger partial charge in [-0.1, -0.05) is 27.7 Å². The number of rotatable bonds is 6. The molecule has 1 rings (SSSR count). The molecule has 0 bridgehead atoms. The summed E-state index contributed by atoms with van der Waals surface area (Å²) in [7, 11) is 2.75. The molecule has 1 saturated carbocycles. The van der Waals surface area contributed by atoms with Gasteiger partial charge in [0.25, 0.3) is 0 Å². The van der Waals surface area contributed by atoms with Crippen molar-refractivity contribution < 1.29 is 9.90 Å². The molecule has 1 aliphatic rings. The van der Waals surface area contributed by atoms with Crippen molar-refractivity contribution in [2.75, 3.05) is 0 Å². The first kappa shape index (κ1) is 17.7. The van der Waals surface area contributed by atoms with E-state index in [-0.39, 0.29) is 17.6 Å². The molecule has 0 spiro atoms. The highest BCUT2D eigenvalue weighted by Crippen LogP contribution is 2.40. The van der Waals surface area contributed by atoms with Crippen LogP contribution < -0.4 is 0 Å². The minimum absolute atomic E-state index is 0.0460. The van der Waals surface area contributed by atoms with Crippen molar-refractivity contribution in [2.45, 2.75) is 71.9 Å². The number of carbonyl (C=O) groups is 1. The van der Waals surface area contributed by atoms with Crippen LogP contribution in [0.5, 0.6) is 0 Å². The van der Waals surface area contributed by atoms with Crippen LogP contribution in [0, 0.1) is 17.3 Å². The molecule has 0 aliphatic heterocycles.